The number of nitrogens with zero attached hydrogens (tertiary/aromatic N) is 2. The van der Waals surface area contributed by atoms with Gasteiger partial charge in [0.25, 0.3) is 0 Å². The third kappa shape index (κ3) is 2.09. The number of aromatic nitrogens is 1. The number of aliphatic hydroxyl groups is 1. The van der Waals surface area contributed by atoms with Crippen molar-refractivity contribution in [2.45, 2.75) is 12.6 Å². The number of benzene rings is 2. The van der Waals surface area contributed by atoms with Gasteiger partial charge in [0.05, 0.1) is 25.4 Å². The summed E-state index contributed by atoms with van der Waals surface area (Å²) < 4.78 is 11.0. The molecule has 1 aliphatic heterocycles. The van der Waals surface area contributed by atoms with Crippen LogP contribution in [0.2, 0.25) is 0 Å². The van der Waals surface area contributed by atoms with Gasteiger partial charge < -0.3 is 19.5 Å². The molecule has 0 fully saturated rings. The van der Waals surface area contributed by atoms with E-state index >= 15 is 0 Å². The minimum absolute atomic E-state index is 0.435. The second kappa shape index (κ2) is 5.69. The molecule has 0 saturated carbocycles. The molecule has 1 aromatic heterocycles. The molecule has 0 aliphatic carbocycles. The summed E-state index contributed by atoms with van der Waals surface area (Å²) in [6.07, 6.45) is 1.50. The SMILES string of the molecule is COc1cc2nccc3c2c(c1OC)CC(O)N3c1ccccc1. The van der Waals surface area contributed by atoms with E-state index in [1.54, 1.807) is 20.4 Å². The second-order valence-corrected chi connectivity index (χ2v) is 5.71. The first-order chi connectivity index (χ1) is 11.7. The van der Waals surface area contributed by atoms with Crippen molar-refractivity contribution in [2.24, 2.45) is 0 Å². The first-order valence-electron chi connectivity index (χ1n) is 7.79. The van der Waals surface area contributed by atoms with Crippen LogP contribution in [-0.4, -0.2) is 30.5 Å². The maximum absolute atomic E-state index is 10.8. The monoisotopic (exact) mass is 322 g/mol. The van der Waals surface area contributed by atoms with Gasteiger partial charge in [-0.2, -0.15) is 0 Å². The highest BCUT2D eigenvalue weighted by molar-refractivity contribution is 6.00. The van der Waals surface area contributed by atoms with E-state index in [-0.39, 0.29) is 0 Å². The van der Waals surface area contributed by atoms with Crippen LogP contribution in [0, 0.1) is 0 Å². The molecule has 2 heterocycles. The van der Waals surface area contributed by atoms with Crippen LogP contribution in [0.1, 0.15) is 5.56 Å². The van der Waals surface area contributed by atoms with Gasteiger partial charge in [-0.15, -0.1) is 0 Å². The third-order valence-corrected chi connectivity index (χ3v) is 4.43. The van der Waals surface area contributed by atoms with Crippen molar-refractivity contribution < 1.29 is 14.6 Å². The highest BCUT2D eigenvalue weighted by atomic mass is 16.5. The van der Waals surface area contributed by atoms with Gasteiger partial charge in [0, 0.05) is 35.3 Å². The molecule has 0 radical (unpaired) electrons. The predicted octanol–water partition coefficient (Wildman–Crippen LogP) is 3.26. The molecule has 5 nitrogen and oxygen atoms in total. The molecule has 1 unspecified atom stereocenters. The largest absolute Gasteiger partial charge is 0.493 e. The van der Waals surface area contributed by atoms with E-state index in [1.165, 1.54) is 0 Å². The number of ether oxygens (including phenoxy) is 2. The Morgan fingerprint density at radius 1 is 1.12 bits per heavy atom. The average Bonchev–Trinajstić information content (AvgIpc) is 2.62. The number of anilines is 2. The Morgan fingerprint density at radius 3 is 2.62 bits per heavy atom. The first-order valence-corrected chi connectivity index (χ1v) is 7.79. The summed E-state index contributed by atoms with van der Waals surface area (Å²) in [7, 11) is 3.22. The summed E-state index contributed by atoms with van der Waals surface area (Å²) in [5, 5.41) is 11.8. The average molecular weight is 322 g/mol. The van der Waals surface area contributed by atoms with Crippen molar-refractivity contribution in [3.8, 4) is 11.5 Å². The minimum Gasteiger partial charge on any atom is -0.493 e. The molecule has 122 valence electrons. The number of rotatable bonds is 3. The molecular formula is C19H18N2O3. The van der Waals surface area contributed by atoms with Crippen LogP contribution in [0.5, 0.6) is 11.5 Å². The molecule has 3 aromatic rings. The lowest BCUT2D eigenvalue weighted by atomic mass is 9.95. The van der Waals surface area contributed by atoms with Gasteiger partial charge in [-0.3, -0.25) is 4.98 Å². The Bertz CT molecular complexity index is 896. The van der Waals surface area contributed by atoms with Crippen LogP contribution in [0.25, 0.3) is 10.9 Å². The van der Waals surface area contributed by atoms with Crippen LogP contribution >= 0.6 is 0 Å². The quantitative estimate of drug-likeness (QED) is 0.802. The van der Waals surface area contributed by atoms with Gasteiger partial charge in [-0.05, 0) is 18.2 Å². The van der Waals surface area contributed by atoms with E-state index in [9.17, 15) is 5.11 Å². The first kappa shape index (κ1) is 14.8. The third-order valence-electron chi connectivity index (χ3n) is 4.43. The summed E-state index contributed by atoms with van der Waals surface area (Å²) in [6, 6.07) is 13.7. The van der Waals surface area contributed by atoms with Crippen molar-refractivity contribution in [1.82, 2.24) is 4.98 Å². The Kier molecular flexibility index (Phi) is 3.50. The number of hydrogen-bond acceptors (Lipinski definition) is 5. The fraction of sp³-hybridized carbons (Fsp3) is 0.211. The topological polar surface area (TPSA) is 54.8 Å². The zero-order valence-corrected chi connectivity index (χ0v) is 13.6. The van der Waals surface area contributed by atoms with E-state index in [1.807, 2.05) is 47.4 Å². The summed E-state index contributed by atoms with van der Waals surface area (Å²) in [6.45, 7) is 0. The zero-order valence-electron chi connectivity index (χ0n) is 13.6. The molecule has 0 bridgehead atoms. The number of para-hydroxylation sites is 1. The molecule has 4 rings (SSSR count). The van der Waals surface area contributed by atoms with Crippen molar-refractivity contribution in [1.29, 1.82) is 0 Å². The molecule has 24 heavy (non-hydrogen) atoms. The molecule has 1 atom stereocenters. The standard InChI is InChI=1S/C19H18N2O3/c1-23-16-11-14-18-13(19(16)24-2)10-17(22)21(15(18)8-9-20-14)12-6-4-3-5-7-12/h3-9,11,17,22H,10H2,1-2H3. The van der Waals surface area contributed by atoms with Gasteiger partial charge >= 0.3 is 0 Å². The maximum atomic E-state index is 10.8. The maximum Gasteiger partial charge on any atom is 0.164 e. The predicted molar refractivity (Wildman–Crippen MR) is 93.1 cm³/mol. The highest BCUT2D eigenvalue weighted by Gasteiger charge is 2.31. The van der Waals surface area contributed by atoms with Crippen LogP contribution < -0.4 is 14.4 Å². The molecule has 1 N–H and O–H groups in total. The fourth-order valence-electron chi connectivity index (χ4n) is 3.44. The van der Waals surface area contributed by atoms with Gasteiger partial charge in [-0.1, -0.05) is 18.2 Å². The van der Waals surface area contributed by atoms with Gasteiger partial charge in [0.2, 0.25) is 0 Å². The smallest absolute Gasteiger partial charge is 0.164 e. The van der Waals surface area contributed by atoms with E-state index in [0.29, 0.717) is 17.9 Å². The van der Waals surface area contributed by atoms with Gasteiger partial charge in [0.15, 0.2) is 11.5 Å². The summed E-state index contributed by atoms with van der Waals surface area (Å²) >= 11 is 0. The van der Waals surface area contributed by atoms with Crippen molar-refractivity contribution in [3.05, 3.63) is 54.2 Å². The highest BCUT2D eigenvalue weighted by Crippen LogP contribution is 2.46. The number of aliphatic hydroxyl groups excluding tert-OH is 1. The summed E-state index contributed by atoms with van der Waals surface area (Å²) in [5.41, 5.74) is 3.61. The van der Waals surface area contributed by atoms with E-state index in [0.717, 1.165) is 27.8 Å². The normalized spacial score (nSPS) is 16.3. The lowest BCUT2D eigenvalue weighted by Crippen LogP contribution is -2.36. The molecule has 2 aromatic carbocycles. The van der Waals surface area contributed by atoms with Gasteiger partial charge in [-0.25, -0.2) is 0 Å². The lowest BCUT2D eigenvalue weighted by molar-refractivity contribution is 0.178. The Hall–Kier alpha value is -2.79. The van der Waals surface area contributed by atoms with Crippen LogP contribution in [0.4, 0.5) is 11.4 Å². The molecule has 0 amide bonds. The Labute approximate surface area is 140 Å². The van der Waals surface area contributed by atoms with E-state index in [2.05, 4.69) is 4.98 Å². The molecule has 1 aliphatic rings. The molecular weight excluding hydrogens is 304 g/mol. The van der Waals surface area contributed by atoms with Crippen LogP contribution in [0.15, 0.2) is 48.7 Å². The van der Waals surface area contributed by atoms with E-state index < -0.39 is 6.23 Å². The Balaban J connectivity index is 2.03. The molecule has 0 spiro atoms. The minimum atomic E-state index is -0.688. The fourth-order valence-corrected chi connectivity index (χ4v) is 3.44. The Morgan fingerprint density at radius 2 is 1.92 bits per heavy atom. The molecule has 0 saturated heterocycles. The summed E-state index contributed by atoms with van der Waals surface area (Å²) in [4.78, 5) is 6.41. The van der Waals surface area contributed by atoms with Crippen molar-refractivity contribution >= 4 is 22.3 Å². The van der Waals surface area contributed by atoms with Gasteiger partial charge in [0.1, 0.15) is 6.23 Å². The van der Waals surface area contributed by atoms with Crippen molar-refractivity contribution in [3.63, 3.8) is 0 Å². The molecule has 5 heteroatoms. The van der Waals surface area contributed by atoms with Crippen LogP contribution in [-0.2, 0) is 6.42 Å². The van der Waals surface area contributed by atoms with Crippen molar-refractivity contribution in [2.75, 3.05) is 19.1 Å². The number of hydrogen-bond donors (Lipinski definition) is 1. The summed E-state index contributed by atoms with van der Waals surface area (Å²) in [5.74, 6) is 1.29. The van der Waals surface area contributed by atoms with E-state index in [4.69, 9.17) is 9.47 Å². The second-order valence-electron chi connectivity index (χ2n) is 5.71. The lowest BCUT2D eigenvalue weighted by Gasteiger charge is -2.36. The number of pyridine rings is 1. The van der Waals surface area contributed by atoms with Crippen LogP contribution in [0.3, 0.4) is 0 Å². The zero-order chi connectivity index (χ0) is 16.7. The number of methoxy groups -OCH3 is 2.